The van der Waals surface area contributed by atoms with Crippen LogP contribution in [0.1, 0.15) is 18.2 Å². The average molecular weight is 512 g/mol. The van der Waals surface area contributed by atoms with Crippen LogP contribution in [0.3, 0.4) is 0 Å². The number of fused-ring (bicyclic) bond motifs is 1. The number of aliphatic hydroxyl groups is 1. The third-order valence-electron chi connectivity index (χ3n) is 7.11. The maximum Gasteiger partial charge on any atom is 0.219 e. The Morgan fingerprint density at radius 2 is 1.72 bits per heavy atom. The van der Waals surface area contributed by atoms with Gasteiger partial charge in [-0.25, -0.2) is 4.39 Å². The zero-order chi connectivity index (χ0) is 25.2. The van der Waals surface area contributed by atoms with Crippen molar-refractivity contribution in [3.05, 3.63) is 70.6 Å². The highest BCUT2D eigenvalue weighted by atomic mass is 35.5. The monoisotopic (exact) mass is 511 g/mol. The number of carbonyl (C=O) groups is 1. The Morgan fingerprint density at radius 3 is 2.39 bits per heavy atom. The fourth-order valence-electron chi connectivity index (χ4n) is 5.15. The molecule has 1 unspecified atom stereocenters. The molecule has 1 atom stereocenters. The highest BCUT2D eigenvalue weighted by molar-refractivity contribution is 6.30. The molecule has 2 aliphatic rings. The van der Waals surface area contributed by atoms with Crippen molar-refractivity contribution in [3.8, 4) is 11.3 Å². The minimum atomic E-state index is -0.574. The summed E-state index contributed by atoms with van der Waals surface area (Å²) < 4.78 is 15.2. The van der Waals surface area contributed by atoms with Crippen LogP contribution in [0.4, 0.5) is 10.1 Å². The molecule has 3 heterocycles. The Morgan fingerprint density at radius 1 is 1.03 bits per heavy atom. The van der Waals surface area contributed by atoms with Gasteiger partial charge in [-0.15, -0.1) is 0 Å². The van der Waals surface area contributed by atoms with Crippen LogP contribution in [-0.2, 0) is 24.3 Å². The molecule has 0 saturated carbocycles. The van der Waals surface area contributed by atoms with Gasteiger partial charge in [0.15, 0.2) is 0 Å². The van der Waals surface area contributed by atoms with Crippen molar-refractivity contribution in [3.63, 3.8) is 0 Å². The number of rotatable bonds is 6. The van der Waals surface area contributed by atoms with Crippen LogP contribution >= 0.6 is 11.6 Å². The molecule has 1 aromatic heterocycles. The molecule has 5 rings (SSSR count). The Kier molecular flexibility index (Phi) is 7.27. The maximum absolute atomic E-state index is 13.2. The highest BCUT2D eigenvalue weighted by Crippen LogP contribution is 2.31. The molecule has 2 aromatic carbocycles. The SMILES string of the molecule is CC(=O)N1CCc2c(c(-c3ccc(Cl)cc3)nn2CC(O)CN2CCN(c3ccc(F)cc3)CC2)C1. The van der Waals surface area contributed by atoms with Gasteiger partial charge in [-0.2, -0.15) is 5.10 Å². The predicted octanol–water partition coefficient (Wildman–Crippen LogP) is 3.43. The number of hydrogen-bond acceptors (Lipinski definition) is 5. The van der Waals surface area contributed by atoms with Crippen molar-refractivity contribution in [1.29, 1.82) is 0 Å². The molecule has 9 heteroatoms. The summed E-state index contributed by atoms with van der Waals surface area (Å²) in [6, 6.07) is 14.2. The number of hydrogen-bond donors (Lipinski definition) is 1. The lowest BCUT2D eigenvalue weighted by atomic mass is 10.0. The summed E-state index contributed by atoms with van der Waals surface area (Å²) in [5, 5.41) is 16.5. The van der Waals surface area contributed by atoms with E-state index in [1.54, 1.807) is 6.92 Å². The van der Waals surface area contributed by atoms with Crippen LogP contribution in [0.2, 0.25) is 5.02 Å². The Balaban J connectivity index is 1.26. The van der Waals surface area contributed by atoms with E-state index in [1.807, 2.05) is 46.0 Å². The van der Waals surface area contributed by atoms with E-state index in [2.05, 4.69) is 9.80 Å². The molecule has 0 bridgehead atoms. The Hall–Kier alpha value is -2.94. The van der Waals surface area contributed by atoms with Crippen LogP contribution in [-0.4, -0.2) is 76.0 Å². The molecule has 7 nitrogen and oxygen atoms in total. The summed E-state index contributed by atoms with van der Waals surface area (Å²) in [4.78, 5) is 18.4. The topological polar surface area (TPSA) is 64.8 Å². The molecule has 3 aromatic rings. The van der Waals surface area contributed by atoms with Gasteiger partial charge in [-0.1, -0.05) is 23.7 Å². The zero-order valence-electron chi connectivity index (χ0n) is 20.4. The number of piperazine rings is 1. The summed E-state index contributed by atoms with van der Waals surface area (Å²) in [5.74, 6) is -0.176. The van der Waals surface area contributed by atoms with Gasteiger partial charge >= 0.3 is 0 Å². The molecular formula is C27H31ClFN5O2. The molecule has 2 aliphatic heterocycles. The van der Waals surface area contributed by atoms with E-state index in [1.165, 1.54) is 12.1 Å². The number of β-amino-alcohol motifs (C(OH)–C–C–N with tert-alkyl or cyclic N) is 1. The van der Waals surface area contributed by atoms with Gasteiger partial charge in [0.1, 0.15) is 5.82 Å². The van der Waals surface area contributed by atoms with E-state index < -0.39 is 6.10 Å². The van der Waals surface area contributed by atoms with Crippen LogP contribution < -0.4 is 4.90 Å². The van der Waals surface area contributed by atoms with Crippen molar-refractivity contribution >= 4 is 23.2 Å². The second kappa shape index (κ2) is 10.6. The standard InChI is InChI=1S/C27H31ClFN5O2/c1-19(35)33-11-10-26-25(18-33)27(20-2-4-21(28)5-3-20)30-34(26)17-24(36)16-31-12-14-32(15-13-31)23-8-6-22(29)7-9-23/h2-9,24,36H,10-18H2,1H3. The Labute approximate surface area is 215 Å². The first-order valence-electron chi connectivity index (χ1n) is 12.4. The number of benzene rings is 2. The third kappa shape index (κ3) is 5.40. The number of carbonyl (C=O) groups excluding carboxylic acids is 1. The van der Waals surface area contributed by atoms with E-state index in [0.717, 1.165) is 54.4 Å². The second-order valence-corrected chi connectivity index (χ2v) is 10.0. The van der Waals surface area contributed by atoms with Crippen molar-refractivity contribution in [2.75, 3.05) is 44.2 Å². The molecule has 1 saturated heterocycles. The van der Waals surface area contributed by atoms with Gasteiger partial charge < -0.3 is 14.9 Å². The molecule has 0 radical (unpaired) electrons. The van der Waals surface area contributed by atoms with E-state index in [4.69, 9.17) is 16.7 Å². The zero-order valence-corrected chi connectivity index (χ0v) is 21.2. The lowest BCUT2D eigenvalue weighted by Gasteiger charge is -2.37. The molecule has 0 aliphatic carbocycles. The van der Waals surface area contributed by atoms with E-state index in [-0.39, 0.29) is 11.7 Å². The first-order valence-corrected chi connectivity index (χ1v) is 12.8. The summed E-state index contributed by atoms with van der Waals surface area (Å²) >= 11 is 6.09. The van der Waals surface area contributed by atoms with E-state index in [0.29, 0.717) is 37.6 Å². The van der Waals surface area contributed by atoms with Crippen molar-refractivity contribution in [2.24, 2.45) is 0 Å². The predicted molar refractivity (Wildman–Crippen MR) is 139 cm³/mol. The molecule has 1 amide bonds. The normalized spacial score (nSPS) is 17.2. The molecule has 1 fully saturated rings. The van der Waals surface area contributed by atoms with Gasteiger partial charge in [0.25, 0.3) is 0 Å². The van der Waals surface area contributed by atoms with Crippen molar-refractivity contribution in [1.82, 2.24) is 19.6 Å². The smallest absolute Gasteiger partial charge is 0.219 e. The van der Waals surface area contributed by atoms with Crippen molar-refractivity contribution in [2.45, 2.75) is 32.5 Å². The van der Waals surface area contributed by atoms with Gasteiger partial charge in [-0.3, -0.25) is 14.4 Å². The fourth-order valence-corrected chi connectivity index (χ4v) is 5.27. The summed E-state index contributed by atoms with van der Waals surface area (Å²) in [6.45, 7) is 7.03. The fraction of sp³-hybridized carbons (Fsp3) is 0.407. The maximum atomic E-state index is 13.2. The first kappa shape index (κ1) is 24.7. The van der Waals surface area contributed by atoms with E-state index in [9.17, 15) is 14.3 Å². The molecular weight excluding hydrogens is 481 g/mol. The highest BCUT2D eigenvalue weighted by Gasteiger charge is 2.28. The van der Waals surface area contributed by atoms with Crippen LogP contribution in [0.5, 0.6) is 0 Å². The molecule has 1 N–H and O–H groups in total. The summed E-state index contributed by atoms with van der Waals surface area (Å²) in [7, 11) is 0. The number of anilines is 1. The van der Waals surface area contributed by atoms with E-state index >= 15 is 0 Å². The second-order valence-electron chi connectivity index (χ2n) is 9.57. The molecule has 190 valence electrons. The average Bonchev–Trinajstić information content (AvgIpc) is 3.23. The Bertz CT molecular complexity index is 1210. The quantitative estimate of drug-likeness (QED) is 0.549. The molecule has 36 heavy (non-hydrogen) atoms. The van der Waals surface area contributed by atoms with Crippen molar-refractivity contribution < 1.29 is 14.3 Å². The van der Waals surface area contributed by atoms with Crippen LogP contribution in [0.15, 0.2) is 48.5 Å². The van der Waals surface area contributed by atoms with Gasteiger partial charge in [-0.05, 0) is 36.4 Å². The largest absolute Gasteiger partial charge is 0.390 e. The lowest BCUT2D eigenvalue weighted by molar-refractivity contribution is -0.129. The number of nitrogens with zero attached hydrogens (tertiary/aromatic N) is 5. The van der Waals surface area contributed by atoms with Crippen LogP contribution in [0, 0.1) is 5.82 Å². The molecule has 0 spiro atoms. The number of aromatic nitrogens is 2. The third-order valence-corrected chi connectivity index (χ3v) is 7.37. The lowest BCUT2D eigenvalue weighted by Crippen LogP contribution is -2.49. The number of amides is 1. The first-order chi connectivity index (χ1) is 17.4. The summed E-state index contributed by atoms with van der Waals surface area (Å²) in [5.41, 5.74) is 4.93. The number of aliphatic hydroxyl groups excluding tert-OH is 1. The minimum Gasteiger partial charge on any atom is -0.390 e. The van der Waals surface area contributed by atoms with Gasteiger partial charge in [0.05, 0.1) is 18.3 Å². The minimum absolute atomic E-state index is 0.0512. The number of halogens is 2. The van der Waals surface area contributed by atoms with Crippen LogP contribution in [0.25, 0.3) is 11.3 Å². The summed E-state index contributed by atoms with van der Waals surface area (Å²) in [6.07, 6.45) is 0.133. The van der Waals surface area contributed by atoms with Gasteiger partial charge in [0, 0.05) is 86.7 Å². The van der Waals surface area contributed by atoms with Gasteiger partial charge in [0.2, 0.25) is 5.91 Å².